The molecule has 32 heavy (non-hydrogen) atoms. The summed E-state index contributed by atoms with van der Waals surface area (Å²) in [6.07, 6.45) is 1.51. The molecule has 0 saturated carbocycles. The number of amides is 1. The van der Waals surface area contributed by atoms with Gasteiger partial charge in [-0.25, -0.2) is 0 Å². The zero-order valence-electron chi connectivity index (χ0n) is 17.1. The average molecular weight is 450 g/mol. The van der Waals surface area contributed by atoms with Crippen molar-refractivity contribution in [1.29, 1.82) is 0 Å². The van der Waals surface area contributed by atoms with Crippen LogP contribution in [0.5, 0.6) is 0 Å². The Morgan fingerprint density at radius 2 is 1.75 bits per heavy atom. The van der Waals surface area contributed by atoms with Gasteiger partial charge >= 0.3 is 0 Å². The Morgan fingerprint density at radius 1 is 1.00 bits per heavy atom. The van der Waals surface area contributed by atoms with Gasteiger partial charge in [0, 0.05) is 36.8 Å². The fourth-order valence-corrected chi connectivity index (χ4v) is 3.67. The van der Waals surface area contributed by atoms with Gasteiger partial charge in [-0.2, -0.15) is 14.9 Å². The molecule has 10 heteroatoms. The number of hydrogen-bond acceptors (Lipinski definition) is 7. The van der Waals surface area contributed by atoms with E-state index in [9.17, 15) is 4.79 Å². The van der Waals surface area contributed by atoms with Gasteiger partial charge in [0.2, 0.25) is 11.7 Å². The van der Waals surface area contributed by atoms with E-state index in [-0.39, 0.29) is 5.91 Å². The normalized spacial score (nSPS) is 14.6. The quantitative estimate of drug-likeness (QED) is 0.462. The van der Waals surface area contributed by atoms with Crippen molar-refractivity contribution in [3.63, 3.8) is 0 Å². The Morgan fingerprint density at radius 3 is 2.50 bits per heavy atom. The number of rotatable bonds is 5. The Kier molecular flexibility index (Phi) is 5.66. The molecule has 5 rings (SSSR count). The zero-order chi connectivity index (χ0) is 21.9. The van der Waals surface area contributed by atoms with Gasteiger partial charge in [-0.15, -0.1) is 5.10 Å². The molecule has 0 unspecified atom stereocenters. The molecule has 162 valence electrons. The van der Waals surface area contributed by atoms with E-state index in [0.717, 1.165) is 11.3 Å². The maximum Gasteiger partial charge on any atom is 0.276 e. The number of aromatic nitrogens is 5. The molecule has 0 bridgehead atoms. The van der Waals surface area contributed by atoms with Crippen molar-refractivity contribution in [2.45, 2.75) is 6.54 Å². The van der Waals surface area contributed by atoms with Gasteiger partial charge in [0.05, 0.1) is 18.4 Å². The number of carbonyl (C=O) groups excluding carboxylic acids is 1. The second-order valence-corrected chi connectivity index (χ2v) is 7.88. The van der Waals surface area contributed by atoms with Crippen LogP contribution in [0.3, 0.4) is 0 Å². The molecule has 0 aliphatic carbocycles. The lowest BCUT2D eigenvalue weighted by Gasteiger charge is -2.33. The van der Waals surface area contributed by atoms with Crippen molar-refractivity contribution >= 4 is 17.5 Å². The van der Waals surface area contributed by atoms with Crippen LogP contribution < -0.4 is 0 Å². The predicted octanol–water partition coefficient (Wildman–Crippen LogP) is 2.93. The van der Waals surface area contributed by atoms with Crippen molar-refractivity contribution in [2.24, 2.45) is 0 Å². The average Bonchev–Trinajstić information content (AvgIpc) is 3.51. The first-order valence-electron chi connectivity index (χ1n) is 10.2. The highest BCUT2D eigenvalue weighted by Gasteiger charge is 2.25. The van der Waals surface area contributed by atoms with Crippen LogP contribution in [-0.2, 0) is 6.54 Å². The molecule has 2 aromatic heterocycles. The number of halogens is 1. The van der Waals surface area contributed by atoms with Crippen molar-refractivity contribution < 1.29 is 9.32 Å². The van der Waals surface area contributed by atoms with Crippen LogP contribution in [0.25, 0.3) is 17.1 Å². The highest BCUT2D eigenvalue weighted by atomic mass is 35.5. The van der Waals surface area contributed by atoms with Gasteiger partial charge in [-0.3, -0.25) is 9.69 Å². The first-order chi connectivity index (χ1) is 15.7. The summed E-state index contributed by atoms with van der Waals surface area (Å²) in [7, 11) is 0. The van der Waals surface area contributed by atoms with Gasteiger partial charge in [-0.05, 0) is 36.4 Å². The fourth-order valence-electron chi connectivity index (χ4n) is 3.54. The molecule has 0 atom stereocenters. The molecule has 4 aromatic rings. The standard InChI is InChI=1S/C22H20ClN7O2/c23-17-8-6-16(7-9-17)21-25-20(32-27-21)15-28-10-12-29(13-11-28)22(31)19-14-24-30(26-19)18-4-2-1-3-5-18/h1-9,14H,10-13,15H2. The van der Waals surface area contributed by atoms with Crippen molar-refractivity contribution in [3.05, 3.63) is 77.4 Å². The first kappa shape index (κ1) is 20.3. The largest absolute Gasteiger partial charge is 0.338 e. The van der Waals surface area contributed by atoms with Crippen molar-refractivity contribution in [1.82, 2.24) is 34.9 Å². The molecule has 3 heterocycles. The smallest absolute Gasteiger partial charge is 0.276 e. The lowest BCUT2D eigenvalue weighted by molar-refractivity contribution is 0.0609. The molecule has 1 fully saturated rings. The van der Waals surface area contributed by atoms with Gasteiger partial charge in [0.25, 0.3) is 5.91 Å². The van der Waals surface area contributed by atoms with Crippen molar-refractivity contribution in [2.75, 3.05) is 26.2 Å². The summed E-state index contributed by atoms with van der Waals surface area (Å²) in [5, 5.41) is 13.3. The Balaban J connectivity index is 1.17. The van der Waals surface area contributed by atoms with E-state index in [2.05, 4.69) is 25.2 Å². The number of nitrogens with zero attached hydrogens (tertiary/aromatic N) is 7. The number of carbonyl (C=O) groups is 1. The summed E-state index contributed by atoms with van der Waals surface area (Å²) in [4.78, 5) is 22.8. The van der Waals surface area contributed by atoms with Crippen LogP contribution in [0, 0.1) is 0 Å². The molecule has 0 spiro atoms. The van der Waals surface area contributed by atoms with E-state index in [4.69, 9.17) is 16.1 Å². The summed E-state index contributed by atoms with van der Waals surface area (Å²) in [6.45, 7) is 3.13. The van der Waals surface area contributed by atoms with Crippen LogP contribution in [0.15, 0.2) is 65.3 Å². The molecule has 1 aliphatic rings. The maximum atomic E-state index is 12.8. The second-order valence-electron chi connectivity index (χ2n) is 7.44. The van der Waals surface area contributed by atoms with E-state index < -0.39 is 0 Å². The molecular formula is C22H20ClN7O2. The molecule has 0 radical (unpaired) electrons. The monoisotopic (exact) mass is 449 g/mol. The first-order valence-corrected chi connectivity index (χ1v) is 10.6. The predicted molar refractivity (Wildman–Crippen MR) is 117 cm³/mol. The molecule has 9 nitrogen and oxygen atoms in total. The third kappa shape index (κ3) is 4.39. The van der Waals surface area contributed by atoms with Crippen LogP contribution >= 0.6 is 11.6 Å². The molecule has 0 N–H and O–H groups in total. The summed E-state index contributed by atoms with van der Waals surface area (Å²) in [6, 6.07) is 16.8. The lowest BCUT2D eigenvalue weighted by Crippen LogP contribution is -2.48. The number of piperazine rings is 1. The van der Waals surface area contributed by atoms with E-state index in [1.54, 1.807) is 17.0 Å². The minimum atomic E-state index is -0.116. The minimum Gasteiger partial charge on any atom is -0.338 e. The maximum absolute atomic E-state index is 12.8. The van der Waals surface area contributed by atoms with Crippen LogP contribution in [0.2, 0.25) is 5.02 Å². The van der Waals surface area contributed by atoms with Crippen LogP contribution in [0.1, 0.15) is 16.4 Å². The summed E-state index contributed by atoms with van der Waals surface area (Å²) >= 11 is 5.93. The minimum absolute atomic E-state index is 0.116. The highest BCUT2D eigenvalue weighted by Crippen LogP contribution is 2.19. The lowest BCUT2D eigenvalue weighted by atomic mass is 10.2. The summed E-state index contributed by atoms with van der Waals surface area (Å²) < 4.78 is 5.40. The molecule has 1 aliphatic heterocycles. The Labute approximate surface area is 189 Å². The van der Waals surface area contributed by atoms with E-state index in [0.29, 0.717) is 55.2 Å². The SMILES string of the molecule is O=C(c1cnn(-c2ccccc2)n1)N1CCN(Cc2nc(-c3ccc(Cl)cc3)no2)CC1. The number of benzene rings is 2. The number of para-hydroxylation sites is 1. The van der Waals surface area contributed by atoms with Gasteiger partial charge in [0.1, 0.15) is 0 Å². The third-order valence-electron chi connectivity index (χ3n) is 5.29. The fraction of sp³-hybridized carbons (Fsp3) is 0.227. The third-order valence-corrected chi connectivity index (χ3v) is 5.54. The second kappa shape index (κ2) is 8.89. The summed E-state index contributed by atoms with van der Waals surface area (Å²) in [5.41, 5.74) is 2.00. The van der Waals surface area contributed by atoms with E-state index >= 15 is 0 Å². The van der Waals surface area contributed by atoms with Crippen molar-refractivity contribution in [3.8, 4) is 17.1 Å². The molecular weight excluding hydrogens is 430 g/mol. The zero-order valence-corrected chi connectivity index (χ0v) is 17.9. The topological polar surface area (TPSA) is 93.2 Å². The molecule has 2 aromatic carbocycles. The van der Waals surface area contributed by atoms with Gasteiger partial charge in [0.15, 0.2) is 5.69 Å². The van der Waals surface area contributed by atoms with Gasteiger partial charge < -0.3 is 9.42 Å². The Hall–Kier alpha value is -3.56. The van der Waals surface area contributed by atoms with E-state index in [1.165, 1.54) is 11.0 Å². The van der Waals surface area contributed by atoms with Crippen LogP contribution in [-0.4, -0.2) is 67.0 Å². The van der Waals surface area contributed by atoms with Crippen LogP contribution in [0.4, 0.5) is 0 Å². The van der Waals surface area contributed by atoms with E-state index in [1.807, 2.05) is 42.5 Å². The number of hydrogen-bond donors (Lipinski definition) is 0. The molecule has 1 saturated heterocycles. The summed E-state index contributed by atoms with van der Waals surface area (Å²) in [5.74, 6) is 0.960. The van der Waals surface area contributed by atoms with Gasteiger partial charge in [-0.1, -0.05) is 35.0 Å². The molecule has 1 amide bonds. The Bertz CT molecular complexity index is 1200. The highest BCUT2D eigenvalue weighted by molar-refractivity contribution is 6.30.